The largest absolute Gasteiger partial charge is 0.481 e. The molecule has 0 aliphatic carbocycles. The van der Waals surface area contributed by atoms with Crippen LogP contribution in [0.4, 0.5) is 4.79 Å². The van der Waals surface area contributed by atoms with E-state index in [1.165, 1.54) is 6.92 Å². The standard InChI is InChI=1S/C39H58N14O13S4/c1-19-15-67-70-18-53(52-31(59)20(2)40)39(66)51-25(13-30(57)58)35(63)50-26-16-68-69-17-27(37(65)48-23(33(61)45-19)11-21-7-4-3-5-8-21)49-34(62)24(12-29(55)56)46-28(54)14-44-32(60)22(47-36(26)64)9-6-10-43-38(41)42/h3-5,7-8,19-20,22-27H,6,9-18,40H2,1-2H3,(H,44,60)(H,45,61)(H,46,54)(H,47,64)(H,48,65)(H,49,62)(H,50,63)(H,51,66)(H,52,59)(H,55,56)(H,57,58)(H4,41,42,43)/t19-,20+,22+,23+,24+,25+,26+,27+/m1/s1. The molecule has 2 bridgehead atoms. The van der Waals surface area contributed by atoms with E-state index in [9.17, 15) is 63.0 Å². The molecule has 1 aromatic carbocycles. The van der Waals surface area contributed by atoms with E-state index in [0.29, 0.717) is 5.56 Å². The zero-order chi connectivity index (χ0) is 51.9. The predicted molar refractivity (Wildman–Crippen MR) is 260 cm³/mol. The molecule has 0 saturated carbocycles. The molecule has 2 heterocycles. The highest BCUT2D eigenvalue weighted by Gasteiger charge is 2.35. The molecule has 0 aromatic heterocycles. The van der Waals surface area contributed by atoms with Crippen molar-refractivity contribution < 1.29 is 63.0 Å². The van der Waals surface area contributed by atoms with E-state index in [4.69, 9.17) is 16.9 Å². The predicted octanol–water partition coefficient (Wildman–Crippen LogP) is -4.01. The molecule has 386 valence electrons. The van der Waals surface area contributed by atoms with E-state index in [2.05, 4.69) is 53.3 Å². The fourth-order valence-corrected chi connectivity index (χ4v) is 10.6. The number of benzene rings is 1. The van der Waals surface area contributed by atoms with Crippen LogP contribution in [-0.2, 0) is 54.4 Å². The molecule has 27 nitrogen and oxygen atoms in total. The lowest BCUT2D eigenvalue weighted by Gasteiger charge is -2.28. The Morgan fingerprint density at radius 3 is 1.83 bits per heavy atom. The van der Waals surface area contributed by atoms with Gasteiger partial charge in [0.05, 0.1) is 31.3 Å². The van der Waals surface area contributed by atoms with E-state index in [-0.39, 0.29) is 48.9 Å². The zero-order valence-corrected chi connectivity index (χ0v) is 41.2. The third kappa shape index (κ3) is 21.2. The summed E-state index contributed by atoms with van der Waals surface area (Å²) in [5.74, 6) is -12.0. The van der Waals surface area contributed by atoms with Gasteiger partial charge in [-0.1, -0.05) is 73.5 Å². The summed E-state index contributed by atoms with van der Waals surface area (Å²) in [5.41, 5.74) is 14.0. The van der Waals surface area contributed by atoms with Crippen LogP contribution >= 0.6 is 43.2 Å². The third-order valence-electron chi connectivity index (χ3n) is 9.67. The summed E-state index contributed by atoms with van der Waals surface area (Å²) in [6, 6.07) is -3.78. The summed E-state index contributed by atoms with van der Waals surface area (Å²) >= 11 is 0. The van der Waals surface area contributed by atoms with Crippen LogP contribution in [0.1, 0.15) is 45.1 Å². The summed E-state index contributed by atoms with van der Waals surface area (Å²) in [6.07, 6.45) is -2.07. The lowest BCUT2D eigenvalue weighted by atomic mass is 10.0. The maximum atomic E-state index is 14.2. The Hall–Kier alpha value is -6.18. The molecule has 2 aliphatic rings. The van der Waals surface area contributed by atoms with Crippen LogP contribution in [0, 0.1) is 5.41 Å². The molecular formula is C39H58N14O13S4. The third-order valence-corrected chi connectivity index (χ3v) is 14.5. The van der Waals surface area contributed by atoms with Crippen molar-refractivity contribution in [2.45, 2.75) is 94.3 Å². The van der Waals surface area contributed by atoms with E-state index >= 15 is 0 Å². The summed E-state index contributed by atoms with van der Waals surface area (Å²) in [5, 5.41) is 49.8. The Morgan fingerprint density at radius 1 is 0.729 bits per heavy atom. The van der Waals surface area contributed by atoms with Crippen LogP contribution in [0.2, 0.25) is 0 Å². The van der Waals surface area contributed by atoms with Gasteiger partial charge in [0.2, 0.25) is 41.4 Å². The first-order valence-corrected chi connectivity index (χ1v) is 26.4. The van der Waals surface area contributed by atoms with Crippen molar-refractivity contribution in [2.75, 3.05) is 36.2 Å². The number of urea groups is 1. The van der Waals surface area contributed by atoms with Gasteiger partial charge < -0.3 is 69.5 Å². The van der Waals surface area contributed by atoms with E-state index in [1.807, 2.05) is 0 Å². The fraction of sp³-hybridized carbons (Fsp3) is 0.538. The van der Waals surface area contributed by atoms with Crippen molar-refractivity contribution >= 4 is 114 Å². The van der Waals surface area contributed by atoms with Crippen molar-refractivity contribution in [2.24, 2.45) is 11.5 Å². The van der Waals surface area contributed by atoms with Crippen molar-refractivity contribution in [1.29, 1.82) is 5.41 Å². The minimum atomic E-state index is -1.89. The highest BCUT2D eigenvalue weighted by molar-refractivity contribution is 8.77. The normalized spacial score (nSPS) is 24.8. The average molecular weight is 1060 g/mol. The number of rotatable bonds is 12. The van der Waals surface area contributed by atoms with Crippen LogP contribution < -0.4 is 64.7 Å². The first-order valence-electron chi connectivity index (χ1n) is 21.4. The van der Waals surface area contributed by atoms with Crippen molar-refractivity contribution in [1.82, 2.24) is 58.3 Å². The maximum absolute atomic E-state index is 14.2. The fourth-order valence-electron chi connectivity index (χ4n) is 6.08. The number of fused-ring (bicyclic) bond motifs is 5. The number of amides is 10. The number of aliphatic carboxylic acids is 2. The zero-order valence-electron chi connectivity index (χ0n) is 37.9. The minimum absolute atomic E-state index is 0.0318. The molecule has 31 heteroatoms. The quantitative estimate of drug-likeness (QED) is 0.0410. The molecule has 2 fully saturated rings. The monoisotopic (exact) mass is 1060 g/mol. The second-order valence-electron chi connectivity index (χ2n) is 15.7. The number of nitrogens with zero attached hydrogens (tertiary/aromatic N) is 1. The van der Waals surface area contributed by atoms with Crippen LogP contribution in [0.15, 0.2) is 30.3 Å². The first kappa shape index (κ1) is 58.1. The van der Waals surface area contributed by atoms with Gasteiger partial charge in [-0.05, 0) is 32.3 Å². The van der Waals surface area contributed by atoms with E-state index in [0.717, 1.165) is 48.2 Å². The van der Waals surface area contributed by atoms with Gasteiger partial charge in [0.1, 0.15) is 36.3 Å². The molecule has 17 N–H and O–H groups in total. The van der Waals surface area contributed by atoms with Gasteiger partial charge in [-0.2, -0.15) is 0 Å². The Bertz CT molecular complexity index is 2080. The Labute approximate surface area is 417 Å². The highest BCUT2D eigenvalue weighted by Crippen LogP contribution is 2.25. The molecule has 0 spiro atoms. The lowest BCUT2D eigenvalue weighted by Crippen LogP contribution is -2.60. The molecule has 2 aliphatic heterocycles. The molecule has 3 rings (SSSR count). The summed E-state index contributed by atoms with van der Waals surface area (Å²) in [4.78, 5) is 147. The number of hydrogen-bond donors (Lipinski definition) is 15. The second kappa shape index (κ2) is 29.8. The van der Waals surface area contributed by atoms with Crippen LogP contribution in [0.3, 0.4) is 0 Å². The number of carboxylic acids is 2. The van der Waals surface area contributed by atoms with Gasteiger partial charge in [0.25, 0.3) is 5.91 Å². The summed E-state index contributed by atoms with van der Waals surface area (Å²) < 4.78 is 0. The number of carbonyl (C=O) groups excluding carboxylic acids is 9. The summed E-state index contributed by atoms with van der Waals surface area (Å²) in [7, 11) is 3.87. The molecular weight excluding hydrogens is 1000 g/mol. The maximum Gasteiger partial charge on any atom is 0.337 e. The number of nitrogens with one attached hydrogen (secondary N) is 11. The topological polar surface area (TPSA) is 428 Å². The van der Waals surface area contributed by atoms with Gasteiger partial charge in [0, 0.05) is 36.3 Å². The summed E-state index contributed by atoms with van der Waals surface area (Å²) in [6.45, 7) is 2.20. The number of carbonyl (C=O) groups is 11. The Morgan fingerprint density at radius 2 is 1.27 bits per heavy atom. The van der Waals surface area contributed by atoms with Crippen molar-refractivity contribution in [3.8, 4) is 0 Å². The lowest BCUT2D eigenvalue weighted by molar-refractivity contribution is -0.141. The number of carboxylic acid groups (broad SMARTS) is 2. The van der Waals surface area contributed by atoms with E-state index in [1.54, 1.807) is 37.3 Å². The number of nitrogens with two attached hydrogens (primary N) is 2. The molecule has 0 unspecified atom stereocenters. The van der Waals surface area contributed by atoms with Crippen LogP contribution in [-0.4, -0.2) is 171 Å². The van der Waals surface area contributed by atoms with Gasteiger partial charge in [-0.15, -0.1) is 0 Å². The number of hydrogen-bond acceptors (Lipinski definition) is 17. The highest BCUT2D eigenvalue weighted by atomic mass is 33.1. The molecule has 0 radical (unpaired) electrons. The van der Waals surface area contributed by atoms with Gasteiger partial charge in [-0.3, -0.25) is 58.8 Å². The average Bonchev–Trinajstić information content (AvgIpc) is 3.28. The van der Waals surface area contributed by atoms with Crippen molar-refractivity contribution in [3.63, 3.8) is 0 Å². The van der Waals surface area contributed by atoms with Crippen molar-refractivity contribution in [3.05, 3.63) is 35.9 Å². The number of guanidine groups is 1. The van der Waals surface area contributed by atoms with Gasteiger partial charge in [-0.25, -0.2) is 9.80 Å². The molecule has 70 heavy (non-hydrogen) atoms. The molecule has 10 amide bonds. The smallest absolute Gasteiger partial charge is 0.337 e. The molecule has 1 aromatic rings. The molecule has 2 saturated heterocycles. The SMILES string of the molecule is C[C@@H]1CSSCN(NC(=O)[C@H](C)N)C(=O)N[C@@H](CC(=O)O)C(=O)N[C@H]2CSSC[C@H](NC(=O)[C@H](CC(=O)O)NC(=O)CNC(=O)[C@H](CCCNC(=N)N)NC2=O)C(=O)N[C@@H](Cc2ccccc2)C(=O)N1. The van der Waals surface area contributed by atoms with E-state index < -0.39 is 139 Å². The minimum Gasteiger partial charge on any atom is -0.481 e. The number of hydrazine groups is 1. The second-order valence-corrected chi connectivity index (χ2v) is 20.7. The van der Waals surface area contributed by atoms with Crippen LogP contribution in [0.5, 0.6) is 0 Å². The van der Waals surface area contributed by atoms with Crippen LogP contribution in [0.25, 0.3) is 0 Å². The van der Waals surface area contributed by atoms with Gasteiger partial charge >= 0.3 is 18.0 Å². The van der Waals surface area contributed by atoms with Gasteiger partial charge in [0.15, 0.2) is 5.96 Å². The Balaban J connectivity index is 2.16. The first-order chi connectivity index (χ1) is 33.1. The Kier molecular flexibility index (Phi) is 24.7. The molecule has 8 atom stereocenters.